The molecule has 0 aliphatic carbocycles. The number of amides is 1. The third-order valence-corrected chi connectivity index (χ3v) is 4.79. The quantitative estimate of drug-likeness (QED) is 0.854. The Morgan fingerprint density at radius 2 is 1.71 bits per heavy atom. The Kier molecular flexibility index (Phi) is 4.06. The summed E-state index contributed by atoms with van der Waals surface area (Å²) < 4.78 is 0. The zero-order chi connectivity index (χ0) is 14.8. The van der Waals surface area contributed by atoms with Crippen LogP contribution in [0.3, 0.4) is 0 Å². The van der Waals surface area contributed by atoms with E-state index in [1.54, 1.807) is 6.92 Å². The number of ketones is 1. The van der Waals surface area contributed by atoms with Crippen molar-refractivity contribution in [2.75, 3.05) is 24.5 Å². The molecule has 3 rings (SSSR count). The van der Waals surface area contributed by atoms with E-state index in [0.29, 0.717) is 5.78 Å². The molecule has 2 fully saturated rings. The van der Waals surface area contributed by atoms with Crippen LogP contribution < -0.4 is 4.90 Å². The number of Topliss-reactive ketones (excluding diaryl/α,β-unsaturated/α-hetero) is 1. The molecule has 2 aliphatic heterocycles. The second-order valence-corrected chi connectivity index (χ2v) is 6.05. The van der Waals surface area contributed by atoms with E-state index in [-0.39, 0.29) is 17.9 Å². The molecule has 0 bridgehead atoms. The average molecular weight is 286 g/mol. The topological polar surface area (TPSA) is 40.6 Å². The summed E-state index contributed by atoms with van der Waals surface area (Å²) in [5, 5.41) is 0. The normalized spacial score (nSPS) is 24.5. The van der Waals surface area contributed by atoms with Crippen molar-refractivity contribution >= 4 is 17.4 Å². The molecule has 1 atom stereocenters. The average Bonchev–Trinajstić information content (AvgIpc) is 2.90. The number of para-hydroxylation sites is 1. The fourth-order valence-corrected chi connectivity index (χ4v) is 3.49. The number of anilines is 1. The Hall–Kier alpha value is -1.68. The van der Waals surface area contributed by atoms with Gasteiger partial charge in [-0.1, -0.05) is 18.2 Å². The first-order valence-electron chi connectivity index (χ1n) is 7.78. The number of piperidine rings is 1. The van der Waals surface area contributed by atoms with Crippen molar-refractivity contribution in [1.82, 2.24) is 4.90 Å². The molecular formula is C17H22N2O2. The van der Waals surface area contributed by atoms with Crippen LogP contribution in [-0.4, -0.2) is 42.3 Å². The number of likely N-dealkylation sites (tertiary alicyclic amines) is 1. The van der Waals surface area contributed by atoms with Crippen molar-refractivity contribution in [2.45, 2.75) is 32.2 Å². The molecule has 2 aliphatic rings. The van der Waals surface area contributed by atoms with Gasteiger partial charge in [0.1, 0.15) is 5.78 Å². The summed E-state index contributed by atoms with van der Waals surface area (Å²) in [7, 11) is 0. The number of hydrogen-bond donors (Lipinski definition) is 0. The summed E-state index contributed by atoms with van der Waals surface area (Å²) in [5.41, 5.74) is 0.989. The minimum absolute atomic E-state index is 0.00175. The van der Waals surface area contributed by atoms with Gasteiger partial charge in [0.15, 0.2) is 0 Å². The molecule has 2 saturated heterocycles. The number of rotatable bonds is 3. The third kappa shape index (κ3) is 2.86. The molecule has 21 heavy (non-hydrogen) atoms. The van der Waals surface area contributed by atoms with Gasteiger partial charge in [0.2, 0.25) is 5.91 Å². The monoisotopic (exact) mass is 286 g/mol. The lowest BCUT2D eigenvalue weighted by Crippen LogP contribution is -2.46. The Morgan fingerprint density at radius 3 is 2.33 bits per heavy atom. The molecule has 1 aromatic carbocycles. The lowest BCUT2D eigenvalue weighted by Gasteiger charge is -2.34. The van der Waals surface area contributed by atoms with E-state index in [9.17, 15) is 9.59 Å². The van der Waals surface area contributed by atoms with Crippen LogP contribution in [0.15, 0.2) is 30.3 Å². The predicted molar refractivity (Wildman–Crippen MR) is 82.2 cm³/mol. The van der Waals surface area contributed by atoms with Crippen molar-refractivity contribution in [2.24, 2.45) is 5.92 Å². The number of benzene rings is 1. The molecule has 0 saturated carbocycles. The van der Waals surface area contributed by atoms with Gasteiger partial charge in [-0.05, 0) is 51.4 Å². The van der Waals surface area contributed by atoms with E-state index in [0.717, 1.165) is 44.6 Å². The van der Waals surface area contributed by atoms with Crippen LogP contribution in [0.25, 0.3) is 0 Å². The molecule has 4 nitrogen and oxygen atoms in total. The summed E-state index contributed by atoms with van der Waals surface area (Å²) >= 11 is 0. The Morgan fingerprint density at radius 1 is 1.05 bits per heavy atom. The highest BCUT2D eigenvalue weighted by Gasteiger charge is 2.38. The Bertz CT molecular complexity index is 521. The number of nitrogens with zero attached hydrogens (tertiary/aromatic N) is 2. The zero-order valence-corrected chi connectivity index (χ0v) is 12.5. The molecular weight excluding hydrogens is 264 g/mol. The predicted octanol–water partition coefficient (Wildman–Crippen LogP) is 2.09. The molecule has 0 spiro atoms. The minimum atomic E-state index is -0.00175. The maximum Gasteiger partial charge on any atom is 0.244 e. The van der Waals surface area contributed by atoms with E-state index in [1.807, 2.05) is 35.2 Å². The van der Waals surface area contributed by atoms with Gasteiger partial charge in [-0.2, -0.15) is 0 Å². The van der Waals surface area contributed by atoms with Gasteiger partial charge < -0.3 is 4.90 Å². The summed E-state index contributed by atoms with van der Waals surface area (Å²) in [6.07, 6.45) is 2.67. The van der Waals surface area contributed by atoms with Crippen LogP contribution in [0.4, 0.5) is 5.69 Å². The maximum absolute atomic E-state index is 12.6. The van der Waals surface area contributed by atoms with Gasteiger partial charge in [0, 0.05) is 18.2 Å². The number of hydrogen-bond acceptors (Lipinski definition) is 3. The van der Waals surface area contributed by atoms with Crippen LogP contribution in [0.1, 0.15) is 26.2 Å². The molecule has 2 heterocycles. The maximum atomic E-state index is 12.6. The highest BCUT2D eigenvalue weighted by molar-refractivity contribution is 5.99. The largest absolute Gasteiger partial charge is 0.311 e. The summed E-state index contributed by atoms with van der Waals surface area (Å²) in [4.78, 5) is 28.2. The third-order valence-electron chi connectivity index (χ3n) is 4.79. The van der Waals surface area contributed by atoms with Gasteiger partial charge in [-0.15, -0.1) is 0 Å². The van der Waals surface area contributed by atoms with Crippen molar-refractivity contribution < 1.29 is 9.59 Å². The lowest BCUT2D eigenvalue weighted by atomic mass is 9.92. The Balaban J connectivity index is 1.64. The van der Waals surface area contributed by atoms with E-state index >= 15 is 0 Å². The fraction of sp³-hybridized carbons (Fsp3) is 0.529. The van der Waals surface area contributed by atoms with Gasteiger partial charge in [-0.3, -0.25) is 14.5 Å². The van der Waals surface area contributed by atoms with Crippen LogP contribution in [-0.2, 0) is 9.59 Å². The van der Waals surface area contributed by atoms with Gasteiger partial charge in [-0.25, -0.2) is 0 Å². The highest BCUT2D eigenvalue weighted by atomic mass is 16.2. The summed E-state index contributed by atoms with van der Waals surface area (Å²) in [5.74, 6) is 0.698. The van der Waals surface area contributed by atoms with Gasteiger partial charge in [0.25, 0.3) is 0 Å². The van der Waals surface area contributed by atoms with Crippen molar-refractivity contribution in [3.8, 4) is 0 Å². The van der Waals surface area contributed by atoms with Gasteiger partial charge >= 0.3 is 0 Å². The van der Waals surface area contributed by atoms with Crippen molar-refractivity contribution in [1.29, 1.82) is 0 Å². The molecule has 0 N–H and O–H groups in total. The minimum Gasteiger partial charge on any atom is -0.311 e. The van der Waals surface area contributed by atoms with Crippen LogP contribution >= 0.6 is 0 Å². The fourth-order valence-electron chi connectivity index (χ4n) is 3.49. The van der Waals surface area contributed by atoms with Crippen LogP contribution in [0.5, 0.6) is 0 Å². The first-order chi connectivity index (χ1) is 10.2. The smallest absolute Gasteiger partial charge is 0.244 e. The van der Waals surface area contributed by atoms with Crippen LogP contribution in [0, 0.1) is 5.92 Å². The SMILES string of the molecule is CC(=O)C1CCN([C@H]2CCN(c3ccccc3)C2=O)CC1. The van der Waals surface area contributed by atoms with Crippen molar-refractivity contribution in [3.63, 3.8) is 0 Å². The van der Waals surface area contributed by atoms with E-state index in [2.05, 4.69) is 4.90 Å². The second-order valence-electron chi connectivity index (χ2n) is 6.05. The summed E-state index contributed by atoms with van der Waals surface area (Å²) in [6, 6.07) is 9.87. The second kappa shape index (κ2) is 5.98. The zero-order valence-electron chi connectivity index (χ0n) is 12.5. The Labute approximate surface area is 125 Å². The van der Waals surface area contributed by atoms with Crippen molar-refractivity contribution in [3.05, 3.63) is 30.3 Å². The number of carbonyl (C=O) groups is 2. The first kappa shape index (κ1) is 14.3. The molecule has 112 valence electrons. The summed E-state index contributed by atoms with van der Waals surface area (Å²) in [6.45, 7) is 4.20. The molecule has 1 amide bonds. The van der Waals surface area contributed by atoms with Crippen LogP contribution in [0.2, 0.25) is 0 Å². The number of carbonyl (C=O) groups excluding carboxylic acids is 2. The van der Waals surface area contributed by atoms with E-state index in [4.69, 9.17) is 0 Å². The highest BCUT2D eigenvalue weighted by Crippen LogP contribution is 2.27. The standard InChI is InChI=1S/C17H22N2O2/c1-13(20)14-7-10-18(11-8-14)16-9-12-19(17(16)21)15-5-3-2-4-6-15/h2-6,14,16H,7-12H2,1H3/t16-/m0/s1. The molecule has 4 heteroatoms. The van der Waals surface area contributed by atoms with Gasteiger partial charge in [0.05, 0.1) is 6.04 Å². The molecule has 0 radical (unpaired) electrons. The van der Waals surface area contributed by atoms with E-state index < -0.39 is 0 Å². The lowest BCUT2D eigenvalue weighted by molar-refractivity contribution is -0.124. The molecule has 0 aromatic heterocycles. The molecule has 0 unspecified atom stereocenters. The van der Waals surface area contributed by atoms with E-state index in [1.165, 1.54) is 0 Å². The molecule has 1 aromatic rings. The first-order valence-corrected chi connectivity index (χ1v) is 7.78.